The second-order valence-corrected chi connectivity index (χ2v) is 8.69. The maximum absolute atomic E-state index is 13.1. The van der Waals surface area contributed by atoms with Gasteiger partial charge >= 0.3 is 0 Å². The van der Waals surface area contributed by atoms with E-state index in [0.717, 1.165) is 18.4 Å². The van der Waals surface area contributed by atoms with E-state index in [1.165, 1.54) is 24.2 Å². The van der Waals surface area contributed by atoms with E-state index < -0.39 is 5.54 Å². The van der Waals surface area contributed by atoms with E-state index in [0.29, 0.717) is 12.3 Å². The van der Waals surface area contributed by atoms with E-state index >= 15 is 0 Å². The zero-order valence-electron chi connectivity index (χ0n) is 16.8. The van der Waals surface area contributed by atoms with Gasteiger partial charge in [0, 0.05) is 24.9 Å². The Morgan fingerprint density at radius 3 is 2.79 bits per heavy atom. The Morgan fingerprint density at radius 1 is 1.29 bits per heavy atom. The lowest BCUT2D eigenvalue weighted by atomic mass is 9.74. The zero-order chi connectivity index (χ0) is 19.8. The third-order valence-electron chi connectivity index (χ3n) is 6.71. The molecule has 6 nitrogen and oxygen atoms in total. The zero-order valence-corrected chi connectivity index (χ0v) is 16.8. The molecule has 3 unspecified atom stereocenters. The van der Waals surface area contributed by atoms with E-state index in [2.05, 4.69) is 29.1 Å². The molecule has 6 heteroatoms. The lowest BCUT2D eigenvalue weighted by Crippen LogP contribution is -2.49. The lowest BCUT2D eigenvalue weighted by molar-refractivity contribution is -0.134. The molecule has 4 rings (SSSR count). The summed E-state index contributed by atoms with van der Waals surface area (Å²) in [5.74, 6) is 0.727. The molecule has 2 N–H and O–H groups in total. The van der Waals surface area contributed by atoms with Crippen molar-refractivity contribution in [1.82, 2.24) is 4.90 Å². The first-order valence-electron chi connectivity index (χ1n) is 10.3. The normalized spacial score (nSPS) is 35.1. The third-order valence-corrected chi connectivity index (χ3v) is 6.71. The molecule has 1 amide bonds. The van der Waals surface area contributed by atoms with Crippen molar-refractivity contribution in [2.45, 2.75) is 57.1 Å². The van der Waals surface area contributed by atoms with E-state index in [-0.39, 0.29) is 30.0 Å². The largest absolute Gasteiger partial charge is 0.369 e. The molecule has 2 aliphatic carbocycles. The molecule has 0 aromatic rings. The summed E-state index contributed by atoms with van der Waals surface area (Å²) in [6.45, 7) is 2.37. The predicted octanol–water partition coefficient (Wildman–Crippen LogP) is 2.97. The van der Waals surface area contributed by atoms with Crippen LogP contribution in [0.2, 0.25) is 0 Å². The Hall–Kier alpha value is -2.21. The molecule has 2 heterocycles. The number of carbonyl (C=O) groups excluding carboxylic acids is 1. The van der Waals surface area contributed by atoms with Gasteiger partial charge in [0.2, 0.25) is 0 Å². The molecule has 2 aliphatic heterocycles. The number of guanidine groups is 1. The summed E-state index contributed by atoms with van der Waals surface area (Å²) in [7, 11) is 1.70. The molecule has 1 saturated carbocycles. The molecule has 3 atom stereocenters. The van der Waals surface area contributed by atoms with Crippen LogP contribution in [-0.4, -0.2) is 48.3 Å². The van der Waals surface area contributed by atoms with Crippen LogP contribution in [0.5, 0.6) is 0 Å². The van der Waals surface area contributed by atoms with E-state index in [4.69, 9.17) is 10.5 Å². The standard InChI is InChI=1S/C22H30N4O2/c1-21-11-7-6-10-17(21)13-24-14-18(21)28-15-22(12-16-8-4-3-5-9-16)19(27)26(2)20(23)25-22/h6-7,10-11,13-14,16,18H,3-5,8-9,12,15H2,1-2H3,(H2,23,25). The molecule has 4 aliphatic rings. The first-order valence-corrected chi connectivity index (χ1v) is 10.3. The van der Waals surface area contributed by atoms with E-state index in [1.807, 2.05) is 24.6 Å². The van der Waals surface area contributed by atoms with Gasteiger partial charge in [-0.25, -0.2) is 4.99 Å². The topological polar surface area (TPSA) is 80.3 Å². The van der Waals surface area contributed by atoms with Gasteiger partial charge in [0.05, 0.1) is 6.61 Å². The molecule has 0 aromatic carbocycles. The smallest absolute Gasteiger partial charge is 0.259 e. The second kappa shape index (κ2) is 7.32. The van der Waals surface area contributed by atoms with Crippen molar-refractivity contribution < 1.29 is 9.53 Å². The number of hydrogen-bond acceptors (Lipinski definition) is 5. The van der Waals surface area contributed by atoms with Gasteiger partial charge in [0.25, 0.3) is 5.91 Å². The fourth-order valence-corrected chi connectivity index (χ4v) is 4.84. The van der Waals surface area contributed by atoms with Crippen molar-refractivity contribution in [3.63, 3.8) is 0 Å². The number of ether oxygens (including phenoxy) is 1. The SMILES string of the molecule is CN1C(=O)C(COC2C=NC=C3C=CC=CC32C)(CC2CCCCC2)N=C1N. The number of carbonyl (C=O) groups is 1. The van der Waals surface area contributed by atoms with Crippen LogP contribution < -0.4 is 5.73 Å². The minimum atomic E-state index is -0.916. The third kappa shape index (κ3) is 3.24. The van der Waals surface area contributed by atoms with Crippen molar-refractivity contribution in [1.29, 1.82) is 0 Å². The molecular formula is C22H30N4O2. The molecule has 0 radical (unpaired) electrons. The molecular weight excluding hydrogens is 352 g/mol. The van der Waals surface area contributed by atoms with E-state index in [9.17, 15) is 4.79 Å². The van der Waals surface area contributed by atoms with Crippen LogP contribution in [0.4, 0.5) is 0 Å². The van der Waals surface area contributed by atoms with Crippen LogP contribution in [0.25, 0.3) is 0 Å². The van der Waals surface area contributed by atoms with Crippen LogP contribution in [0.1, 0.15) is 45.4 Å². The molecule has 28 heavy (non-hydrogen) atoms. The number of rotatable bonds is 5. The summed E-state index contributed by atoms with van der Waals surface area (Å²) >= 11 is 0. The summed E-state index contributed by atoms with van der Waals surface area (Å²) in [6.07, 6.45) is 18.5. The Kier molecular flexibility index (Phi) is 5.00. The summed E-state index contributed by atoms with van der Waals surface area (Å²) < 4.78 is 6.37. The van der Waals surface area contributed by atoms with Gasteiger partial charge in [0.15, 0.2) is 11.5 Å². The van der Waals surface area contributed by atoms with Gasteiger partial charge in [-0.1, -0.05) is 56.4 Å². The number of likely N-dealkylation sites (N-methyl/N-ethyl adjacent to an activating group) is 1. The Balaban J connectivity index is 1.54. The highest BCUT2D eigenvalue weighted by atomic mass is 16.5. The first-order chi connectivity index (χ1) is 13.4. The summed E-state index contributed by atoms with van der Waals surface area (Å²) in [4.78, 5) is 23.6. The fraction of sp³-hybridized carbons (Fsp3) is 0.591. The number of amides is 1. The number of nitrogens with two attached hydrogens (primary N) is 1. The molecule has 1 fully saturated rings. The van der Waals surface area contributed by atoms with Crippen molar-refractivity contribution in [2.24, 2.45) is 27.1 Å². The van der Waals surface area contributed by atoms with Crippen LogP contribution in [0.3, 0.4) is 0 Å². The Labute approximate surface area is 166 Å². The molecule has 0 spiro atoms. The predicted molar refractivity (Wildman–Crippen MR) is 111 cm³/mol. The van der Waals surface area contributed by atoms with Crippen molar-refractivity contribution in [2.75, 3.05) is 13.7 Å². The number of aliphatic imine (C=N–C) groups is 2. The van der Waals surface area contributed by atoms with Crippen molar-refractivity contribution in [3.05, 3.63) is 36.1 Å². The molecule has 0 aromatic heterocycles. The fourth-order valence-electron chi connectivity index (χ4n) is 4.84. The van der Waals surface area contributed by atoms with Crippen molar-refractivity contribution >= 4 is 18.1 Å². The molecule has 0 bridgehead atoms. The van der Waals surface area contributed by atoms with Crippen molar-refractivity contribution in [3.8, 4) is 0 Å². The van der Waals surface area contributed by atoms with Gasteiger partial charge in [-0.2, -0.15) is 0 Å². The Morgan fingerprint density at radius 2 is 2.07 bits per heavy atom. The quantitative estimate of drug-likeness (QED) is 0.794. The van der Waals surface area contributed by atoms with Gasteiger partial charge in [0.1, 0.15) is 6.10 Å². The maximum atomic E-state index is 13.1. The monoisotopic (exact) mass is 382 g/mol. The number of nitrogens with zero attached hydrogens (tertiary/aromatic N) is 3. The van der Waals surface area contributed by atoms with E-state index in [1.54, 1.807) is 7.05 Å². The summed E-state index contributed by atoms with van der Waals surface area (Å²) in [5, 5.41) is 0. The van der Waals surface area contributed by atoms with Gasteiger partial charge in [-0.05, 0) is 24.8 Å². The van der Waals surface area contributed by atoms with Gasteiger partial charge in [-0.3, -0.25) is 14.7 Å². The van der Waals surface area contributed by atoms with Gasteiger partial charge in [-0.15, -0.1) is 0 Å². The van der Waals surface area contributed by atoms with Crippen LogP contribution in [0, 0.1) is 11.3 Å². The maximum Gasteiger partial charge on any atom is 0.259 e. The summed E-state index contributed by atoms with van der Waals surface area (Å²) in [6, 6.07) is 0. The van der Waals surface area contributed by atoms with Crippen LogP contribution >= 0.6 is 0 Å². The van der Waals surface area contributed by atoms with Crippen LogP contribution in [0.15, 0.2) is 46.1 Å². The highest BCUT2D eigenvalue weighted by Gasteiger charge is 2.49. The minimum absolute atomic E-state index is 0.0525. The number of hydrogen-bond donors (Lipinski definition) is 1. The minimum Gasteiger partial charge on any atom is -0.369 e. The highest BCUT2D eigenvalue weighted by Crippen LogP contribution is 2.41. The second-order valence-electron chi connectivity index (χ2n) is 8.69. The number of allylic oxidation sites excluding steroid dienone is 3. The van der Waals surface area contributed by atoms with Gasteiger partial charge < -0.3 is 10.5 Å². The summed E-state index contributed by atoms with van der Waals surface area (Å²) in [5.41, 5.74) is 5.94. The highest BCUT2D eigenvalue weighted by molar-refractivity contribution is 6.06. The molecule has 0 saturated heterocycles. The average molecular weight is 383 g/mol. The Bertz CT molecular complexity index is 790. The average Bonchev–Trinajstić information content (AvgIpc) is 2.91. The molecule has 150 valence electrons. The number of fused-ring (bicyclic) bond motifs is 1. The van der Waals surface area contributed by atoms with Crippen LogP contribution in [-0.2, 0) is 9.53 Å². The lowest BCUT2D eigenvalue weighted by Gasteiger charge is -2.39. The first kappa shape index (κ1) is 19.1.